The van der Waals surface area contributed by atoms with Gasteiger partial charge in [-0.05, 0) is 42.7 Å². The van der Waals surface area contributed by atoms with Crippen LogP contribution in [0.4, 0.5) is 0 Å². The average Bonchev–Trinajstić information content (AvgIpc) is 2.99. The normalized spacial score (nSPS) is 10.8. The minimum Gasteiger partial charge on any atom is -0.497 e. The fourth-order valence-electron chi connectivity index (χ4n) is 2.93. The van der Waals surface area contributed by atoms with Gasteiger partial charge in [-0.1, -0.05) is 24.3 Å². The highest BCUT2D eigenvalue weighted by Gasteiger charge is 2.06. The number of aromatic nitrogens is 2. The zero-order chi connectivity index (χ0) is 18.4. The second-order valence-corrected chi connectivity index (χ2v) is 6.15. The van der Waals surface area contributed by atoms with E-state index >= 15 is 0 Å². The van der Waals surface area contributed by atoms with Crippen LogP contribution in [0.15, 0.2) is 53.3 Å². The summed E-state index contributed by atoms with van der Waals surface area (Å²) < 4.78 is 6.83. The molecule has 0 bridgehead atoms. The van der Waals surface area contributed by atoms with E-state index in [0.29, 0.717) is 32.4 Å². The SMILES string of the molecule is COc1ccc(CCC(=O)NCCCn2c(=O)[nH]c3ccccc32)cc1. The largest absolute Gasteiger partial charge is 0.497 e. The molecule has 0 spiro atoms. The first kappa shape index (κ1) is 17.8. The highest BCUT2D eigenvalue weighted by atomic mass is 16.5. The molecule has 2 N–H and O–H groups in total. The molecule has 6 heteroatoms. The number of methoxy groups -OCH3 is 1. The second kappa shape index (κ2) is 8.38. The van der Waals surface area contributed by atoms with E-state index in [1.807, 2.05) is 48.5 Å². The maximum Gasteiger partial charge on any atom is 0.326 e. The number of aryl methyl sites for hydroxylation is 2. The number of ether oxygens (including phenoxy) is 1. The number of aromatic amines is 1. The monoisotopic (exact) mass is 353 g/mol. The first-order valence-corrected chi connectivity index (χ1v) is 8.74. The molecule has 0 aliphatic carbocycles. The number of amides is 1. The molecule has 0 aliphatic rings. The molecule has 0 fully saturated rings. The maximum absolute atomic E-state index is 12.0. The van der Waals surface area contributed by atoms with E-state index < -0.39 is 0 Å². The molecular weight excluding hydrogens is 330 g/mol. The Labute approximate surface area is 151 Å². The van der Waals surface area contributed by atoms with Crippen molar-refractivity contribution in [1.82, 2.24) is 14.9 Å². The van der Waals surface area contributed by atoms with Gasteiger partial charge in [-0.25, -0.2) is 4.79 Å². The minimum absolute atomic E-state index is 0.0205. The van der Waals surface area contributed by atoms with Gasteiger partial charge in [-0.2, -0.15) is 0 Å². The number of H-pyrrole nitrogens is 1. The quantitative estimate of drug-likeness (QED) is 0.611. The van der Waals surface area contributed by atoms with Crippen LogP contribution < -0.4 is 15.7 Å². The van der Waals surface area contributed by atoms with E-state index in [-0.39, 0.29) is 11.6 Å². The Morgan fingerprint density at radius 3 is 2.69 bits per heavy atom. The van der Waals surface area contributed by atoms with E-state index in [1.165, 1.54) is 0 Å². The van der Waals surface area contributed by atoms with Crippen LogP contribution in [0.3, 0.4) is 0 Å². The number of nitrogens with zero attached hydrogens (tertiary/aromatic N) is 1. The number of carbonyl (C=O) groups is 1. The predicted molar refractivity (Wildman–Crippen MR) is 102 cm³/mol. The summed E-state index contributed by atoms with van der Waals surface area (Å²) in [6.07, 6.45) is 1.84. The number of rotatable bonds is 8. The van der Waals surface area contributed by atoms with Crippen molar-refractivity contribution in [2.75, 3.05) is 13.7 Å². The Balaban J connectivity index is 1.42. The molecule has 0 atom stereocenters. The number of fused-ring (bicyclic) bond motifs is 1. The summed E-state index contributed by atoms with van der Waals surface area (Å²) in [4.78, 5) is 26.8. The van der Waals surface area contributed by atoms with Crippen LogP contribution in [0.25, 0.3) is 11.0 Å². The van der Waals surface area contributed by atoms with Crippen LogP contribution in [-0.2, 0) is 17.8 Å². The van der Waals surface area contributed by atoms with E-state index in [2.05, 4.69) is 10.3 Å². The molecule has 3 rings (SSSR count). The molecular formula is C20H23N3O3. The topological polar surface area (TPSA) is 76.1 Å². The van der Waals surface area contributed by atoms with Crippen LogP contribution in [0, 0.1) is 0 Å². The summed E-state index contributed by atoms with van der Waals surface area (Å²) in [5.74, 6) is 0.831. The van der Waals surface area contributed by atoms with Crippen molar-refractivity contribution >= 4 is 16.9 Å². The number of nitrogens with one attached hydrogen (secondary N) is 2. The van der Waals surface area contributed by atoms with Crippen molar-refractivity contribution in [2.24, 2.45) is 0 Å². The highest BCUT2D eigenvalue weighted by molar-refractivity contribution is 5.76. The van der Waals surface area contributed by atoms with Crippen LogP contribution in [0.1, 0.15) is 18.4 Å². The summed E-state index contributed by atoms with van der Waals surface area (Å²) in [6.45, 7) is 1.12. The van der Waals surface area contributed by atoms with Crippen LogP contribution in [0.5, 0.6) is 5.75 Å². The lowest BCUT2D eigenvalue weighted by Gasteiger charge is -2.07. The zero-order valence-corrected chi connectivity index (χ0v) is 14.8. The van der Waals surface area contributed by atoms with E-state index in [0.717, 1.165) is 22.3 Å². The van der Waals surface area contributed by atoms with Crippen molar-refractivity contribution in [3.63, 3.8) is 0 Å². The van der Waals surface area contributed by atoms with Gasteiger partial charge in [0.1, 0.15) is 5.75 Å². The van der Waals surface area contributed by atoms with Gasteiger partial charge in [-0.3, -0.25) is 9.36 Å². The van der Waals surface area contributed by atoms with Gasteiger partial charge < -0.3 is 15.0 Å². The Kier molecular flexibility index (Phi) is 5.73. The summed E-state index contributed by atoms with van der Waals surface area (Å²) in [5, 5.41) is 2.92. The second-order valence-electron chi connectivity index (χ2n) is 6.15. The Morgan fingerprint density at radius 1 is 1.15 bits per heavy atom. The molecule has 0 aliphatic heterocycles. The predicted octanol–water partition coefficient (Wildman–Crippen LogP) is 2.48. The fourth-order valence-corrected chi connectivity index (χ4v) is 2.93. The fraction of sp³-hybridized carbons (Fsp3) is 0.300. The van der Waals surface area contributed by atoms with E-state index in [4.69, 9.17) is 4.74 Å². The minimum atomic E-state index is -0.114. The van der Waals surface area contributed by atoms with E-state index in [1.54, 1.807) is 11.7 Å². The molecule has 1 amide bonds. The molecule has 1 heterocycles. The summed E-state index contributed by atoms with van der Waals surface area (Å²) in [7, 11) is 1.63. The van der Waals surface area contributed by atoms with Crippen molar-refractivity contribution in [1.29, 1.82) is 0 Å². The third-order valence-corrected chi connectivity index (χ3v) is 4.36. The lowest BCUT2D eigenvalue weighted by atomic mass is 10.1. The third-order valence-electron chi connectivity index (χ3n) is 4.36. The highest BCUT2D eigenvalue weighted by Crippen LogP contribution is 2.12. The molecule has 0 saturated heterocycles. The third kappa shape index (κ3) is 4.33. The number of benzene rings is 2. The standard InChI is InChI=1S/C20H23N3O3/c1-26-16-10-7-15(8-11-16)9-12-19(24)21-13-4-14-23-18-6-3-2-5-17(18)22-20(23)25/h2-3,5-8,10-11H,4,9,12-14H2,1H3,(H,21,24)(H,22,25). The Hall–Kier alpha value is -3.02. The van der Waals surface area contributed by atoms with Crippen molar-refractivity contribution in [3.05, 3.63) is 64.6 Å². The Bertz CT molecular complexity index is 925. The molecule has 2 aromatic carbocycles. The maximum atomic E-state index is 12.0. The Morgan fingerprint density at radius 2 is 1.92 bits per heavy atom. The van der Waals surface area contributed by atoms with Gasteiger partial charge in [0.05, 0.1) is 18.1 Å². The lowest BCUT2D eigenvalue weighted by Crippen LogP contribution is -2.26. The van der Waals surface area contributed by atoms with Crippen molar-refractivity contribution < 1.29 is 9.53 Å². The molecule has 0 radical (unpaired) electrons. The molecule has 0 saturated carbocycles. The van der Waals surface area contributed by atoms with Crippen LogP contribution in [0.2, 0.25) is 0 Å². The number of carbonyl (C=O) groups excluding carboxylic acids is 1. The lowest BCUT2D eigenvalue weighted by molar-refractivity contribution is -0.121. The van der Waals surface area contributed by atoms with Gasteiger partial charge in [0.25, 0.3) is 0 Å². The van der Waals surface area contributed by atoms with E-state index in [9.17, 15) is 9.59 Å². The molecule has 0 unspecified atom stereocenters. The molecule has 1 aromatic heterocycles. The smallest absolute Gasteiger partial charge is 0.326 e. The number of hydrogen-bond donors (Lipinski definition) is 2. The average molecular weight is 353 g/mol. The summed E-state index contributed by atoms with van der Waals surface area (Å²) in [6, 6.07) is 15.3. The van der Waals surface area contributed by atoms with Gasteiger partial charge >= 0.3 is 5.69 Å². The van der Waals surface area contributed by atoms with Crippen molar-refractivity contribution in [2.45, 2.75) is 25.8 Å². The number of para-hydroxylation sites is 2. The molecule has 136 valence electrons. The van der Waals surface area contributed by atoms with Crippen molar-refractivity contribution in [3.8, 4) is 5.75 Å². The first-order chi connectivity index (χ1) is 12.7. The summed E-state index contributed by atoms with van der Waals surface area (Å²) >= 11 is 0. The van der Waals surface area contributed by atoms with Crippen LogP contribution >= 0.6 is 0 Å². The van der Waals surface area contributed by atoms with Crippen LogP contribution in [-0.4, -0.2) is 29.1 Å². The van der Waals surface area contributed by atoms with Gasteiger partial charge in [0.2, 0.25) is 5.91 Å². The molecule has 6 nitrogen and oxygen atoms in total. The zero-order valence-electron chi connectivity index (χ0n) is 14.8. The summed E-state index contributed by atoms with van der Waals surface area (Å²) in [5.41, 5.74) is 2.72. The number of hydrogen-bond acceptors (Lipinski definition) is 3. The molecule has 3 aromatic rings. The molecule has 26 heavy (non-hydrogen) atoms. The van der Waals surface area contributed by atoms with Gasteiger partial charge in [0, 0.05) is 19.5 Å². The van der Waals surface area contributed by atoms with Gasteiger partial charge in [0.15, 0.2) is 0 Å². The first-order valence-electron chi connectivity index (χ1n) is 8.74. The van der Waals surface area contributed by atoms with Gasteiger partial charge in [-0.15, -0.1) is 0 Å². The number of imidazole rings is 1.